The SMILES string of the molecule is C[C@H]1CN(C(=O)C(C)(C)C(C)(F)F)[C@@H]2c3cncc(C#Cc4ccc(F)cc4)c3C21. The van der Waals surface area contributed by atoms with Crippen molar-refractivity contribution in [3.63, 3.8) is 0 Å². The minimum atomic E-state index is -3.13. The second-order valence-corrected chi connectivity index (χ2v) is 8.87. The van der Waals surface area contributed by atoms with Gasteiger partial charge in [-0.15, -0.1) is 0 Å². The lowest BCUT2D eigenvalue weighted by Gasteiger charge is -2.43. The number of likely N-dealkylation sites (tertiary alicyclic amines) is 1. The largest absolute Gasteiger partial charge is 0.334 e. The van der Waals surface area contributed by atoms with Gasteiger partial charge in [-0.1, -0.05) is 18.8 Å². The van der Waals surface area contributed by atoms with Crippen LogP contribution in [-0.2, 0) is 4.79 Å². The Bertz CT molecular complexity index is 1060. The number of alkyl halides is 2. The van der Waals surface area contributed by atoms with Gasteiger partial charge < -0.3 is 4.90 Å². The molecule has 0 bridgehead atoms. The topological polar surface area (TPSA) is 33.2 Å². The average molecular weight is 412 g/mol. The van der Waals surface area contributed by atoms with Crippen LogP contribution in [0.1, 0.15) is 61.9 Å². The minimum Gasteiger partial charge on any atom is -0.334 e. The Kier molecular flexibility index (Phi) is 4.68. The standard InChI is InChI=1S/C24H23F3N2O/c1-14-13-29(22(30)23(2,3)24(4,26)27)21-18-12-28-11-16(20(18)19(14)21)8-5-15-6-9-17(25)10-7-15/h6-7,9-12,14,19,21H,13H2,1-4H3/t14-,19?,21+/m0/s1. The van der Waals surface area contributed by atoms with E-state index < -0.39 is 17.2 Å². The summed E-state index contributed by atoms with van der Waals surface area (Å²) in [4.78, 5) is 18.9. The molecule has 2 aliphatic rings. The van der Waals surface area contributed by atoms with E-state index in [4.69, 9.17) is 0 Å². The molecule has 30 heavy (non-hydrogen) atoms. The van der Waals surface area contributed by atoms with Crippen LogP contribution in [0.4, 0.5) is 13.2 Å². The first kappa shape index (κ1) is 20.5. The molecule has 0 saturated carbocycles. The van der Waals surface area contributed by atoms with E-state index in [1.165, 1.54) is 26.0 Å². The molecule has 2 aromatic rings. The predicted molar refractivity (Wildman–Crippen MR) is 107 cm³/mol. The molecule has 0 spiro atoms. The molecule has 6 heteroatoms. The zero-order valence-electron chi connectivity index (χ0n) is 17.3. The third-order valence-electron chi connectivity index (χ3n) is 6.52. The summed E-state index contributed by atoms with van der Waals surface area (Å²) >= 11 is 0. The normalized spacial score (nSPS) is 22.5. The number of aromatic nitrogens is 1. The number of hydrogen-bond donors (Lipinski definition) is 0. The van der Waals surface area contributed by atoms with Gasteiger partial charge in [-0.3, -0.25) is 9.78 Å². The highest BCUT2D eigenvalue weighted by molar-refractivity contribution is 5.85. The van der Waals surface area contributed by atoms with E-state index in [0.717, 1.165) is 23.6 Å². The van der Waals surface area contributed by atoms with Crippen LogP contribution in [0.2, 0.25) is 0 Å². The van der Waals surface area contributed by atoms with Crippen LogP contribution in [0.15, 0.2) is 36.7 Å². The van der Waals surface area contributed by atoms with Crippen LogP contribution in [0.25, 0.3) is 0 Å². The summed E-state index contributed by atoms with van der Waals surface area (Å²) in [6, 6.07) is 5.69. The molecular weight excluding hydrogens is 389 g/mol. The zero-order valence-corrected chi connectivity index (χ0v) is 17.3. The molecule has 3 atom stereocenters. The summed E-state index contributed by atoms with van der Waals surface area (Å²) in [5.41, 5.74) is 1.57. The van der Waals surface area contributed by atoms with Crippen molar-refractivity contribution < 1.29 is 18.0 Å². The fourth-order valence-corrected chi connectivity index (χ4v) is 4.37. The molecule has 1 unspecified atom stereocenters. The van der Waals surface area contributed by atoms with Crippen LogP contribution in [0.3, 0.4) is 0 Å². The summed E-state index contributed by atoms with van der Waals surface area (Å²) in [5, 5.41) is 0. The number of fused-ring (bicyclic) bond motifs is 4. The number of carbonyl (C=O) groups excluding carboxylic acids is 1. The Morgan fingerprint density at radius 3 is 2.43 bits per heavy atom. The van der Waals surface area contributed by atoms with Gasteiger partial charge in [-0.05, 0) is 55.2 Å². The number of rotatable bonds is 2. The third-order valence-corrected chi connectivity index (χ3v) is 6.52. The summed E-state index contributed by atoms with van der Waals surface area (Å²) in [6.45, 7) is 5.85. The molecule has 1 amide bonds. The van der Waals surface area contributed by atoms with Crippen molar-refractivity contribution in [3.05, 3.63) is 64.7 Å². The first-order valence-electron chi connectivity index (χ1n) is 9.96. The average Bonchev–Trinajstić information content (AvgIpc) is 2.95. The monoisotopic (exact) mass is 412 g/mol. The van der Waals surface area contributed by atoms with Crippen LogP contribution in [0, 0.1) is 29.0 Å². The van der Waals surface area contributed by atoms with Crippen LogP contribution >= 0.6 is 0 Å². The lowest BCUT2D eigenvalue weighted by molar-refractivity contribution is -0.164. The molecule has 4 rings (SSSR count). The molecular formula is C24H23F3N2O. The Morgan fingerprint density at radius 2 is 1.80 bits per heavy atom. The number of hydrogen-bond acceptors (Lipinski definition) is 2. The number of carbonyl (C=O) groups is 1. The maximum absolute atomic E-state index is 14.1. The lowest BCUT2D eigenvalue weighted by atomic mass is 9.68. The lowest BCUT2D eigenvalue weighted by Crippen LogP contribution is -2.50. The summed E-state index contributed by atoms with van der Waals surface area (Å²) < 4.78 is 41.3. The summed E-state index contributed by atoms with van der Waals surface area (Å²) in [7, 11) is 0. The van der Waals surface area contributed by atoms with Crippen LogP contribution in [-0.4, -0.2) is 28.3 Å². The minimum absolute atomic E-state index is 0.0470. The number of halogens is 3. The van der Waals surface area contributed by atoms with Gasteiger partial charge in [-0.25, -0.2) is 13.2 Å². The van der Waals surface area contributed by atoms with Crippen molar-refractivity contribution in [2.45, 2.75) is 45.6 Å². The summed E-state index contributed by atoms with van der Waals surface area (Å²) in [6.07, 6.45) is 3.39. The van der Waals surface area contributed by atoms with Gasteiger partial charge >= 0.3 is 0 Å². The van der Waals surface area contributed by atoms with E-state index in [1.807, 2.05) is 6.92 Å². The van der Waals surface area contributed by atoms with E-state index in [0.29, 0.717) is 12.1 Å². The first-order chi connectivity index (χ1) is 14.0. The van der Waals surface area contributed by atoms with Gasteiger partial charge in [-0.2, -0.15) is 0 Å². The third kappa shape index (κ3) is 3.08. The Morgan fingerprint density at radius 1 is 1.13 bits per heavy atom. The molecule has 2 heterocycles. The zero-order chi connectivity index (χ0) is 21.8. The molecule has 1 aliphatic heterocycles. The highest BCUT2D eigenvalue weighted by Gasteiger charge is 2.58. The number of benzene rings is 1. The highest BCUT2D eigenvalue weighted by atomic mass is 19.3. The second-order valence-electron chi connectivity index (χ2n) is 8.87. The number of pyridine rings is 1. The van der Waals surface area contributed by atoms with Crippen LogP contribution < -0.4 is 0 Å². The Hall–Kier alpha value is -2.81. The molecule has 0 radical (unpaired) electrons. The van der Waals surface area contributed by atoms with Gasteiger partial charge in [0.1, 0.15) is 11.2 Å². The highest BCUT2D eigenvalue weighted by Crippen LogP contribution is 2.59. The Balaban J connectivity index is 1.67. The van der Waals surface area contributed by atoms with Gasteiger partial charge in [0.15, 0.2) is 0 Å². The van der Waals surface area contributed by atoms with Crippen molar-refractivity contribution in [2.75, 3.05) is 6.54 Å². The van der Waals surface area contributed by atoms with Crippen molar-refractivity contribution in [1.29, 1.82) is 0 Å². The molecule has 156 valence electrons. The smallest absolute Gasteiger partial charge is 0.259 e. The van der Waals surface area contributed by atoms with E-state index in [1.54, 1.807) is 29.4 Å². The summed E-state index contributed by atoms with van der Waals surface area (Å²) in [5.74, 6) is 2.33. The molecule has 1 aromatic carbocycles. The number of nitrogens with zero attached hydrogens (tertiary/aromatic N) is 2. The Labute approximate surface area is 174 Å². The quantitative estimate of drug-likeness (QED) is 0.656. The molecule has 1 fully saturated rings. The van der Waals surface area contributed by atoms with Crippen molar-refractivity contribution in [1.82, 2.24) is 9.88 Å². The molecule has 0 N–H and O–H groups in total. The second kappa shape index (κ2) is 6.87. The van der Waals surface area contributed by atoms with E-state index in [-0.39, 0.29) is 23.7 Å². The van der Waals surface area contributed by atoms with Crippen molar-refractivity contribution >= 4 is 5.91 Å². The molecule has 1 saturated heterocycles. The van der Waals surface area contributed by atoms with Crippen molar-refractivity contribution in [2.24, 2.45) is 11.3 Å². The van der Waals surface area contributed by atoms with Crippen molar-refractivity contribution in [3.8, 4) is 11.8 Å². The maximum atomic E-state index is 14.1. The fraction of sp³-hybridized carbons (Fsp3) is 0.417. The van der Waals surface area contributed by atoms with Gasteiger partial charge in [0, 0.05) is 42.9 Å². The molecule has 1 aliphatic carbocycles. The number of amides is 1. The predicted octanol–water partition coefficient (Wildman–Crippen LogP) is 4.92. The fourth-order valence-electron chi connectivity index (χ4n) is 4.37. The molecule has 3 nitrogen and oxygen atoms in total. The van der Waals surface area contributed by atoms with Gasteiger partial charge in [0.25, 0.3) is 5.92 Å². The van der Waals surface area contributed by atoms with Gasteiger partial charge in [0.2, 0.25) is 5.91 Å². The maximum Gasteiger partial charge on any atom is 0.259 e. The van der Waals surface area contributed by atoms with Crippen LogP contribution in [0.5, 0.6) is 0 Å². The van der Waals surface area contributed by atoms with E-state index >= 15 is 0 Å². The van der Waals surface area contributed by atoms with E-state index in [2.05, 4.69) is 16.8 Å². The first-order valence-corrected chi connectivity index (χ1v) is 9.96. The molecule has 1 aromatic heterocycles. The van der Waals surface area contributed by atoms with Gasteiger partial charge in [0.05, 0.1) is 6.04 Å². The van der Waals surface area contributed by atoms with E-state index in [9.17, 15) is 18.0 Å².